The second kappa shape index (κ2) is 5.19. The molecule has 1 aliphatic heterocycles. The van der Waals surface area contributed by atoms with Crippen molar-refractivity contribution < 1.29 is 4.74 Å². The SMILES string of the molecule is CCNC(Cc1ccn(C)n1)C1(C)CCCO1. The zero-order valence-corrected chi connectivity index (χ0v) is 11.1. The third kappa shape index (κ3) is 2.87. The lowest BCUT2D eigenvalue weighted by Crippen LogP contribution is -2.49. The second-order valence-electron chi connectivity index (χ2n) is 5.06. The molecular weight excluding hydrogens is 214 g/mol. The van der Waals surface area contributed by atoms with Crippen molar-refractivity contribution in [1.82, 2.24) is 15.1 Å². The maximum absolute atomic E-state index is 5.94. The second-order valence-corrected chi connectivity index (χ2v) is 5.06. The molecular formula is C13H23N3O. The van der Waals surface area contributed by atoms with E-state index >= 15 is 0 Å². The van der Waals surface area contributed by atoms with Crippen molar-refractivity contribution in [3.05, 3.63) is 18.0 Å². The maximum Gasteiger partial charge on any atom is 0.0811 e. The topological polar surface area (TPSA) is 39.1 Å². The number of aryl methyl sites for hydroxylation is 1. The molecule has 1 aromatic rings. The predicted octanol–water partition coefficient (Wildman–Crippen LogP) is 1.51. The van der Waals surface area contributed by atoms with Gasteiger partial charge in [-0.25, -0.2) is 0 Å². The maximum atomic E-state index is 5.94. The van der Waals surface area contributed by atoms with E-state index in [1.807, 2.05) is 17.9 Å². The van der Waals surface area contributed by atoms with Gasteiger partial charge in [0, 0.05) is 32.3 Å². The van der Waals surface area contributed by atoms with Gasteiger partial charge >= 0.3 is 0 Å². The Morgan fingerprint density at radius 1 is 1.65 bits per heavy atom. The average molecular weight is 237 g/mol. The molecule has 1 aliphatic rings. The summed E-state index contributed by atoms with van der Waals surface area (Å²) in [4.78, 5) is 0. The summed E-state index contributed by atoms with van der Waals surface area (Å²) in [7, 11) is 1.96. The van der Waals surface area contributed by atoms with E-state index in [1.165, 1.54) is 6.42 Å². The highest BCUT2D eigenvalue weighted by molar-refractivity contribution is 5.05. The molecule has 4 heteroatoms. The van der Waals surface area contributed by atoms with Gasteiger partial charge in [0.1, 0.15) is 0 Å². The van der Waals surface area contributed by atoms with Crippen molar-refractivity contribution in [3.63, 3.8) is 0 Å². The molecule has 1 saturated heterocycles. The number of hydrogen-bond acceptors (Lipinski definition) is 3. The van der Waals surface area contributed by atoms with Crippen LogP contribution in [0.1, 0.15) is 32.4 Å². The van der Waals surface area contributed by atoms with Gasteiger partial charge in [-0.05, 0) is 32.4 Å². The Kier molecular flexibility index (Phi) is 3.84. The first-order valence-electron chi connectivity index (χ1n) is 6.50. The molecule has 1 N–H and O–H groups in total. The average Bonchev–Trinajstić information content (AvgIpc) is 2.88. The Morgan fingerprint density at radius 2 is 2.47 bits per heavy atom. The molecule has 0 aromatic carbocycles. The summed E-state index contributed by atoms with van der Waals surface area (Å²) in [6, 6.07) is 2.44. The first-order valence-corrected chi connectivity index (χ1v) is 6.50. The van der Waals surface area contributed by atoms with Crippen LogP contribution in [0.2, 0.25) is 0 Å². The summed E-state index contributed by atoms with van der Waals surface area (Å²) < 4.78 is 7.79. The van der Waals surface area contributed by atoms with Crippen LogP contribution in [0.5, 0.6) is 0 Å². The van der Waals surface area contributed by atoms with Crippen LogP contribution in [0.15, 0.2) is 12.3 Å². The molecule has 17 heavy (non-hydrogen) atoms. The first-order chi connectivity index (χ1) is 8.14. The molecule has 0 bridgehead atoms. The van der Waals surface area contributed by atoms with Gasteiger partial charge in [0.2, 0.25) is 0 Å². The largest absolute Gasteiger partial charge is 0.374 e. The number of aromatic nitrogens is 2. The van der Waals surface area contributed by atoms with Crippen LogP contribution in [0.25, 0.3) is 0 Å². The molecule has 0 radical (unpaired) electrons. The molecule has 2 unspecified atom stereocenters. The summed E-state index contributed by atoms with van der Waals surface area (Å²) in [5.74, 6) is 0. The predicted molar refractivity (Wildman–Crippen MR) is 68.0 cm³/mol. The molecule has 0 aliphatic carbocycles. The van der Waals surface area contributed by atoms with Crippen molar-refractivity contribution in [3.8, 4) is 0 Å². The minimum absolute atomic E-state index is 0.0342. The van der Waals surface area contributed by atoms with E-state index in [9.17, 15) is 0 Å². The molecule has 0 saturated carbocycles. The normalized spacial score (nSPS) is 26.3. The van der Waals surface area contributed by atoms with E-state index in [1.54, 1.807) is 0 Å². The summed E-state index contributed by atoms with van der Waals surface area (Å²) >= 11 is 0. The Labute approximate surface area is 103 Å². The molecule has 1 fully saturated rings. The number of rotatable bonds is 5. The highest BCUT2D eigenvalue weighted by Crippen LogP contribution is 2.30. The van der Waals surface area contributed by atoms with Gasteiger partial charge in [-0.3, -0.25) is 4.68 Å². The van der Waals surface area contributed by atoms with Crippen LogP contribution in [0.3, 0.4) is 0 Å². The quantitative estimate of drug-likeness (QED) is 0.843. The molecule has 0 spiro atoms. The molecule has 0 amide bonds. The lowest BCUT2D eigenvalue weighted by Gasteiger charge is -2.33. The highest BCUT2D eigenvalue weighted by atomic mass is 16.5. The van der Waals surface area contributed by atoms with Gasteiger partial charge in [-0.1, -0.05) is 6.92 Å². The minimum Gasteiger partial charge on any atom is -0.374 e. The van der Waals surface area contributed by atoms with E-state index in [0.29, 0.717) is 6.04 Å². The van der Waals surface area contributed by atoms with E-state index < -0.39 is 0 Å². The fourth-order valence-corrected chi connectivity index (χ4v) is 2.61. The fraction of sp³-hybridized carbons (Fsp3) is 0.769. The van der Waals surface area contributed by atoms with Crippen LogP contribution < -0.4 is 5.32 Å². The number of hydrogen-bond donors (Lipinski definition) is 1. The third-order valence-electron chi connectivity index (χ3n) is 3.62. The van der Waals surface area contributed by atoms with Crippen molar-refractivity contribution >= 4 is 0 Å². The summed E-state index contributed by atoms with van der Waals surface area (Å²) in [6.45, 7) is 6.22. The Balaban J connectivity index is 2.06. The van der Waals surface area contributed by atoms with E-state index in [2.05, 4.69) is 30.3 Å². The molecule has 2 rings (SSSR count). The smallest absolute Gasteiger partial charge is 0.0811 e. The summed E-state index contributed by atoms with van der Waals surface area (Å²) in [6.07, 6.45) is 5.24. The summed E-state index contributed by atoms with van der Waals surface area (Å²) in [5.41, 5.74) is 1.10. The summed E-state index contributed by atoms with van der Waals surface area (Å²) in [5, 5.41) is 8.00. The Morgan fingerprint density at radius 3 is 3.00 bits per heavy atom. The van der Waals surface area contributed by atoms with Crippen molar-refractivity contribution in [2.24, 2.45) is 7.05 Å². The van der Waals surface area contributed by atoms with Gasteiger partial charge < -0.3 is 10.1 Å². The van der Waals surface area contributed by atoms with Crippen LogP contribution >= 0.6 is 0 Å². The zero-order chi connectivity index (χ0) is 12.3. The van der Waals surface area contributed by atoms with Crippen LogP contribution in [0.4, 0.5) is 0 Å². The zero-order valence-electron chi connectivity index (χ0n) is 11.1. The van der Waals surface area contributed by atoms with Gasteiger partial charge in [0.05, 0.1) is 11.3 Å². The van der Waals surface area contributed by atoms with Gasteiger partial charge in [-0.2, -0.15) is 5.10 Å². The van der Waals surface area contributed by atoms with Crippen LogP contribution in [0, 0.1) is 0 Å². The van der Waals surface area contributed by atoms with Crippen LogP contribution in [-0.2, 0) is 18.2 Å². The van der Waals surface area contributed by atoms with Gasteiger partial charge in [-0.15, -0.1) is 0 Å². The van der Waals surface area contributed by atoms with Gasteiger partial charge in [0.25, 0.3) is 0 Å². The number of ether oxygens (including phenoxy) is 1. The lowest BCUT2D eigenvalue weighted by molar-refractivity contribution is -0.0113. The third-order valence-corrected chi connectivity index (χ3v) is 3.62. The van der Waals surface area contributed by atoms with E-state index in [-0.39, 0.29) is 5.60 Å². The molecule has 96 valence electrons. The van der Waals surface area contributed by atoms with Crippen molar-refractivity contribution in [1.29, 1.82) is 0 Å². The van der Waals surface area contributed by atoms with Crippen LogP contribution in [-0.4, -0.2) is 34.6 Å². The Bertz CT molecular complexity index is 355. The number of likely N-dealkylation sites (N-methyl/N-ethyl adjacent to an activating group) is 1. The van der Waals surface area contributed by atoms with Gasteiger partial charge in [0.15, 0.2) is 0 Å². The highest BCUT2D eigenvalue weighted by Gasteiger charge is 2.38. The van der Waals surface area contributed by atoms with Crippen molar-refractivity contribution in [2.45, 2.75) is 44.8 Å². The molecule has 1 aromatic heterocycles. The number of nitrogens with zero attached hydrogens (tertiary/aromatic N) is 2. The van der Waals surface area contributed by atoms with E-state index in [4.69, 9.17) is 4.74 Å². The Hall–Kier alpha value is -0.870. The number of nitrogens with one attached hydrogen (secondary N) is 1. The van der Waals surface area contributed by atoms with E-state index in [0.717, 1.165) is 31.7 Å². The molecule has 4 nitrogen and oxygen atoms in total. The van der Waals surface area contributed by atoms with Crippen molar-refractivity contribution in [2.75, 3.05) is 13.2 Å². The fourth-order valence-electron chi connectivity index (χ4n) is 2.61. The standard InChI is InChI=1S/C13H23N3O/c1-4-14-12(13(2)7-5-9-17-13)10-11-6-8-16(3)15-11/h6,8,12,14H,4-5,7,9-10H2,1-3H3. The first kappa shape index (κ1) is 12.6. The molecule has 2 atom stereocenters. The molecule has 2 heterocycles. The minimum atomic E-state index is -0.0342. The monoisotopic (exact) mass is 237 g/mol. The lowest BCUT2D eigenvalue weighted by atomic mass is 9.89.